The highest BCUT2D eigenvalue weighted by Gasteiger charge is 2.34. The van der Waals surface area contributed by atoms with Gasteiger partial charge in [0.25, 0.3) is 5.91 Å². The summed E-state index contributed by atoms with van der Waals surface area (Å²) in [5.74, 6) is -0.739. The Morgan fingerprint density at radius 1 is 1.07 bits per heavy atom. The average Bonchev–Trinajstić information content (AvgIpc) is 3.16. The van der Waals surface area contributed by atoms with E-state index in [1.165, 1.54) is 6.20 Å². The fourth-order valence-corrected chi connectivity index (χ4v) is 3.54. The van der Waals surface area contributed by atoms with Gasteiger partial charge in [0.1, 0.15) is 6.04 Å². The van der Waals surface area contributed by atoms with E-state index in [1.54, 1.807) is 15.8 Å². The van der Waals surface area contributed by atoms with Crippen molar-refractivity contribution in [3.63, 3.8) is 0 Å². The van der Waals surface area contributed by atoms with Crippen molar-refractivity contribution in [2.24, 2.45) is 5.73 Å². The van der Waals surface area contributed by atoms with Crippen molar-refractivity contribution in [3.8, 4) is 5.69 Å². The smallest absolute Gasteiger partial charge is 0.258 e. The molecule has 2 amide bonds. The predicted molar refractivity (Wildman–Crippen MR) is 101 cm³/mol. The van der Waals surface area contributed by atoms with Crippen LogP contribution in [0, 0.1) is 6.92 Å². The van der Waals surface area contributed by atoms with Gasteiger partial charge in [-0.1, -0.05) is 42.5 Å². The monoisotopic (exact) mass is 360 g/mol. The molecule has 136 valence electrons. The van der Waals surface area contributed by atoms with E-state index in [0.717, 1.165) is 22.4 Å². The average molecular weight is 360 g/mol. The van der Waals surface area contributed by atoms with Gasteiger partial charge < -0.3 is 10.6 Å². The molecule has 3 aromatic rings. The number of rotatable bonds is 3. The van der Waals surface area contributed by atoms with Crippen LogP contribution < -0.4 is 5.73 Å². The maximum absolute atomic E-state index is 13.1. The maximum atomic E-state index is 13.1. The number of amides is 2. The Labute approximate surface area is 157 Å². The van der Waals surface area contributed by atoms with E-state index in [9.17, 15) is 9.59 Å². The van der Waals surface area contributed by atoms with E-state index in [0.29, 0.717) is 18.5 Å². The van der Waals surface area contributed by atoms with Crippen LogP contribution in [0.5, 0.6) is 0 Å². The van der Waals surface area contributed by atoms with Gasteiger partial charge in [0.05, 0.1) is 17.4 Å². The zero-order valence-corrected chi connectivity index (χ0v) is 15.0. The highest BCUT2D eigenvalue weighted by molar-refractivity contribution is 5.97. The number of carbonyl (C=O) groups is 2. The summed E-state index contributed by atoms with van der Waals surface area (Å²) in [5.41, 5.74) is 10.1. The van der Waals surface area contributed by atoms with E-state index in [4.69, 9.17) is 5.73 Å². The third kappa shape index (κ3) is 3.10. The van der Waals surface area contributed by atoms with Crippen molar-refractivity contribution in [1.82, 2.24) is 14.7 Å². The predicted octanol–water partition coefficient (Wildman–Crippen LogP) is 2.23. The fraction of sp³-hybridized carbons (Fsp3) is 0.190. The Balaban J connectivity index is 1.66. The van der Waals surface area contributed by atoms with Crippen LogP contribution in [0.25, 0.3) is 5.69 Å². The van der Waals surface area contributed by atoms with Crippen molar-refractivity contribution >= 4 is 11.8 Å². The van der Waals surface area contributed by atoms with Gasteiger partial charge in [-0.15, -0.1) is 0 Å². The number of benzene rings is 2. The first-order chi connectivity index (χ1) is 13.0. The molecule has 2 aromatic carbocycles. The van der Waals surface area contributed by atoms with Gasteiger partial charge in [-0.25, -0.2) is 4.68 Å². The fourth-order valence-electron chi connectivity index (χ4n) is 3.54. The number of para-hydroxylation sites is 1. The number of primary amides is 1. The minimum absolute atomic E-state index is 0.242. The summed E-state index contributed by atoms with van der Waals surface area (Å²) in [6, 6.07) is 15.0. The molecular formula is C21H20N4O2. The molecule has 0 radical (unpaired) electrons. The first-order valence-corrected chi connectivity index (χ1v) is 8.82. The molecule has 1 aliphatic rings. The molecule has 1 aromatic heterocycles. The lowest BCUT2D eigenvalue weighted by Crippen LogP contribution is -2.51. The van der Waals surface area contributed by atoms with E-state index in [2.05, 4.69) is 5.10 Å². The molecule has 1 aliphatic heterocycles. The zero-order chi connectivity index (χ0) is 19.0. The van der Waals surface area contributed by atoms with Crippen LogP contribution in [0.2, 0.25) is 0 Å². The van der Waals surface area contributed by atoms with E-state index >= 15 is 0 Å². The van der Waals surface area contributed by atoms with E-state index in [-0.39, 0.29) is 5.91 Å². The molecule has 0 saturated heterocycles. The lowest BCUT2D eigenvalue weighted by Gasteiger charge is -2.34. The quantitative estimate of drug-likeness (QED) is 0.778. The van der Waals surface area contributed by atoms with Gasteiger partial charge in [-0.3, -0.25) is 9.59 Å². The molecule has 1 atom stereocenters. The van der Waals surface area contributed by atoms with Crippen molar-refractivity contribution in [3.05, 3.63) is 83.2 Å². The molecule has 4 rings (SSSR count). The number of carbonyl (C=O) groups excluding carboxylic acids is 2. The summed E-state index contributed by atoms with van der Waals surface area (Å²) in [5, 5.41) is 4.33. The molecule has 0 aliphatic carbocycles. The van der Waals surface area contributed by atoms with Crippen molar-refractivity contribution < 1.29 is 9.59 Å². The molecule has 6 heteroatoms. The van der Waals surface area contributed by atoms with Crippen LogP contribution in [-0.2, 0) is 17.8 Å². The molecule has 0 unspecified atom stereocenters. The number of hydrogen-bond acceptors (Lipinski definition) is 3. The number of aromatic nitrogens is 2. The lowest BCUT2D eigenvalue weighted by atomic mass is 9.93. The zero-order valence-electron chi connectivity index (χ0n) is 15.0. The molecule has 6 nitrogen and oxygen atoms in total. The Morgan fingerprint density at radius 2 is 1.78 bits per heavy atom. The SMILES string of the molecule is Cc1ccccc1-n1cc(C(=O)N2Cc3ccccc3C[C@H]2C(N)=O)cn1. The molecule has 0 fully saturated rings. The molecule has 0 saturated carbocycles. The molecular weight excluding hydrogens is 340 g/mol. The minimum Gasteiger partial charge on any atom is -0.368 e. The molecule has 2 N–H and O–H groups in total. The number of aryl methyl sites for hydroxylation is 1. The van der Waals surface area contributed by atoms with Gasteiger partial charge in [0.2, 0.25) is 5.91 Å². The standard InChI is InChI=1S/C21H20N4O2/c1-14-6-2-5-9-18(14)25-13-17(11-23-25)21(27)24-12-16-8-4-3-7-15(16)10-19(24)20(22)26/h2-9,11,13,19H,10,12H2,1H3,(H2,22,26)/t19-/m0/s1. The van der Waals surface area contributed by atoms with Crippen LogP contribution in [0.4, 0.5) is 0 Å². The van der Waals surface area contributed by atoms with Crippen LogP contribution in [0.15, 0.2) is 60.9 Å². The van der Waals surface area contributed by atoms with Crippen LogP contribution in [0.1, 0.15) is 27.0 Å². The second kappa shape index (κ2) is 6.72. The largest absolute Gasteiger partial charge is 0.368 e. The van der Waals surface area contributed by atoms with E-state index in [1.807, 2.05) is 55.5 Å². The number of fused-ring (bicyclic) bond motifs is 1. The summed E-state index contributed by atoms with van der Waals surface area (Å²) in [7, 11) is 0. The normalized spacial score (nSPS) is 16.0. The lowest BCUT2D eigenvalue weighted by molar-refractivity contribution is -0.122. The van der Waals surface area contributed by atoms with Gasteiger partial charge in [-0.05, 0) is 29.7 Å². The first kappa shape index (κ1) is 17.0. The van der Waals surface area contributed by atoms with Crippen LogP contribution in [0.3, 0.4) is 0 Å². The highest BCUT2D eigenvalue weighted by Crippen LogP contribution is 2.25. The third-order valence-corrected chi connectivity index (χ3v) is 5.03. The number of nitrogens with zero attached hydrogens (tertiary/aromatic N) is 3. The molecule has 27 heavy (non-hydrogen) atoms. The second-order valence-corrected chi connectivity index (χ2v) is 6.78. The van der Waals surface area contributed by atoms with Crippen molar-refractivity contribution in [2.75, 3.05) is 0 Å². The van der Waals surface area contributed by atoms with Gasteiger partial charge in [0.15, 0.2) is 0 Å². The Kier molecular flexibility index (Phi) is 4.24. The third-order valence-electron chi connectivity index (χ3n) is 5.03. The summed E-state index contributed by atoms with van der Waals surface area (Å²) in [4.78, 5) is 26.7. The summed E-state index contributed by atoms with van der Waals surface area (Å²) >= 11 is 0. The maximum Gasteiger partial charge on any atom is 0.258 e. The second-order valence-electron chi connectivity index (χ2n) is 6.78. The summed E-state index contributed by atoms with van der Waals surface area (Å²) in [6.45, 7) is 2.35. The van der Waals surface area contributed by atoms with Gasteiger partial charge >= 0.3 is 0 Å². The Morgan fingerprint density at radius 3 is 2.52 bits per heavy atom. The van der Waals surface area contributed by atoms with Gasteiger partial charge in [0, 0.05) is 19.2 Å². The van der Waals surface area contributed by atoms with Crippen LogP contribution in [-0.4, -0.2) is 32.5 Å². The van der Waals surface area contributed by atoms with Crippen molar-refractivity contribution in [1.29, 1.82) is 0 Å². The van der Waals surface area contributed by atoms with Crippen molar-refractivity contribution in [2.45, 2.75) is 25.9 Å². The number of hydrogen-bond donors (Lipinski definition) is 1. The van der Waals surface area contributed by atoms with E-state index < -0.39 is 11.9 Å². The van der Waals surface area contributed by atoms with Crippen LogP contribution >= 0.6 is 0 Å². The summed E-state index contributed by atoms with van der Waals surface area (Å²) < 4.78 is 1.68. The minimum atomic E-state index is -0.658. The topological polar surface area (TPSA) is 81.2 Å². The van der Waals surface area contributed by atoms with Gasteiger partial charge in [-0.2, -0.15) is 5.10 Å². The first-order valence-electron chi connectivity index (χ1n) is 8.82. The highest BCUT2D eigenvalue weighted by atomic mass is 16.2. The summed E-state index contributed by atoms with van der Waals surface area (Å²) in [6.07, 6.45) is 3.67. The Hall–Kier alpha value is -3.41. The molecule has 0 bridgehead atoms. The molecule has 2 heterocycles. The Bertz CT molecular complexity index is 1020. The number of nitrogens with two attached hydrogens (primary N) is 1. The molecule has 0 spiro atoms.